The van der Waals surface area contributed by atoms with Crippen molar-refractivity contribution in [3.8, 4) is 11.5 Å². The molecule has 0 fully saturated rings. The summed E-state index contributed by atoms with van der Waals surface area (Å²) in [5.74, 6) is 0.177. The van der Waals surface area contributed by atoms with Crippen molar-refractivity contribution in [1.82, 2.24) is 0 Å². The van der Waals surface area contributed by atoms with Gasteiger partial charge < -0.3 is 14.8 Å². The highest BCUT2D eigenvalue weighted by atomic mass is 35.5. The maximum atomic E-state index is 12.6. The number of para-hydroxylation sites is 1. The van der Waals surface area contributed by atoms with E-state index in [0.717, 1.165) is 10.1 Å². The van der Waals surface area contributed by atoms with Crippen molar-refractivity contribution < 1.29 is 19.1 Å². The molecule has 0 aliphatic carbocycles. The van der Waals surface area contributed by atoms with Crippen LogP contribution < -0.4 is 14.8 Å². The van der Waals surface area contributed by atoms with Crippen molar-refractivity contribution in [1.29, 1.82) is 0 Å². The van der Waals surface area contributed by atoms with Gasteiger partial charge in [-0.25, -0.2) is 4.79 Å². The van der Waals surface area contributed by atoms with E-state index in [4.69, 9.17) is 21.1 Å². The van der Waals surface area contributed by atoms with Gasteiger partial charge in [0.1, 0.15) is 16.4 Å². The van der Waals surface area contributed by atoms with E-state index in [0.29, 0.717) is 32.6 Å². The molecule has 1 heterocycles. The second kappa shape index (κ2) is 8.57. The summed E-state index contributed by atoms with van der Waals surface area (Å²) < 4.78 is 11.5. The van der Waals surface area contributed by atoms with Crippen LogP contribution in [0.1, 0.15) is 20.0 Å². The van der Waals surface area contributed by atoms with E-state index in [1.54, 1.807) is 49.6 Å². The van der Waals surface area contributed by atoms with Gasteiger partial charge in [-0.15, -0.1) is 11.3 Å². The molecular formula is C23H16ClNO4S. The Morgan fingerprint density at radius 2 is 1.63 bits per heavy atom. The zero-order valence-corrected chi connectivity index (χ0v) is 17.4. The van der Waals surface area contributed by atoms with Crippen LogP contribution in [-0.2, 0) is 0 Å². The number of carbonyl (C=O) groups excluding carboxylic acids is 2. The van der Waals surface area contributed by atoms with Gasteiger partial charge in [-0.1, -0.05) is 29.8 Å². The Morgan fingerprint density at radius 3 is 2.33 bits per heavy atom. The van der Waals surface area contributed by atoms with E-state index in [2.05, 4.69) is 5.32 Å². The van der Waals surface area contributed by atoms with E-state index in [-0.39, 0.29) is 5.91 Å². The second-order valence-corrected chi connectivity index (χ2v) is 7.77. The van der Waals surface area contributed by atoms with Gasteiger partial charge >= 0.3 is 5.97 Å². The summed E-state index contributed by atoms with van der Waals surface area (Å²) >= 11 is 7.65. The second-order valence-electron chi connectivity index (χ2n) is 6.34. The maximum absolute atomic E-state index is 12.6. The standard InChI is InChI=1S/C23H16ClNO4S/c1-28-17-11-12-19-18(13-17)20(24)21(30-19)23(27)29-16-9-7-14(8-10-16)22(26)25-15-5-3-2-4-6-15/h2-13H,1H3,(H,25,26). The molecule has 0 saturated heterocycles. The number of esters is 1. The van der Waals surface area contributed by atoms with E-state index in [1.807, 2.05) is 30.3 Å². The Balaban J connectivity index is 1.48. The Kier molecular flexibility index (Phi) is 5.70. The highest BCUT2D eigenvalue weighted by molar-refractivity contribution is 7.21. The molecule has 0 spiro atoms. The van der Waals surface area contributed by atoms with Gasteiger partial charge in [0.05, 0.1) is 12.1 Å². The van der Waals surface area contributed by atoms with Crippen LogP contribution in [0.15, 0.2) is 72.8 Å². The number of benzene rings is 3. The number of carbonyl (C=O) groups is 2. The molecule has 4 aromatic rings. The SMILES string of the molecule is COc1ccc2sc(C(=O)Oc3ccc(C(=O)Nc4ccccc4)cc3)c(Cl)c2c1. The number of halogens is 1. The number of fused-ring (bicyclic) bond motifs is 1. The number of hydrogen-bond acceptors (Lipinski definition) is 5. The van der Waals surface area contributed by atoms with Crippen LogP contribution >= 0.6 is 22.9 Å². The minimum Gasteiger partial charge on any atom is -0.497 e. The first-order valence-corrected chi connectivity index (χ1v) is 10.2. The minimum atomic E-state index is -0.554. The lowest BCUT2D eigenvalue weighted by Crippen LogP contribution is -2.12. The number of hydrogen-bond donors (Lipinski definition) is 1. The van der Waals surface area contributed by atoms with E-state index < -0.39 is 5.97 Å². The Labute approximate surface area is 181 Å². The molecule has 7 heteroatoms. The van der Waals surface area contributed by atoms with Crippen LogP contribution in [0.5, 0.6) is 11.5 Å². The summed E-state index contributed by atoms with van der Waals surface area (Å²) in [4.78, 5) is 25.2. The smallest absolute Gasteiger partial charge is 0.355 e. The normalized spacial score (nSPS) is 10.6. The van der Waals surface area contributed by atoms with Gasteiger partial charge in [-0.2, -0.15) is 0 Å². The zero-order valence-electron chi connectivity index (χ0n) is 15.8. The van der Waals surface area contributed by atoms with Crippen molar-refractivity contribution in [3.05, 3.63) is 88.3 Å². The van der Waals surface area contributed by atoms with E-state index >= 15 is 0 Å². The highest BCUT2D eigenvalue weighted by Gasteiger charge is 2.20. The average molecular weight is 438 g/mol. The molecule has 0 aliphatic heterocycles. The predicted octanol–water partition coefficient (Wildman–Crippen LogP) is 6.03. The third-order valence-corrected chi connectivity index (χ3v) is 6.03. The average Bonchev–Trinajstić information content (AvgIpc) is 3.11. The van der Waals surface area contributed by atoms with Crippen LogP contribution in [0.3, 0.4) is 0 Å². The summed E-state index contributed by atoms with van der Waals surface area (Å²) in [7, 11) is 1.57. The summed E-state index contributed by atoms with van der Waals surface area (Å²) in [6.45, 7) is 0. The van der Waals surface area contributed by atoms with Gasteiger partial charge in [0, 0.05) is 21.3 Å². The molecule has 3 aromatic carbocycles. The van der Waals surface area contributed by atoms with E-state index in [9.17, 15) is 9.59 Å². The number of methoxy groups -OCH3 is 1. The molecule has 1 aromatic heterocycles. The van der Waals surface area contributed by atoms with Gasteiger partial charge in [-0.3, -0.25) is 4.79 Å². The van der Waals surface area contributed by atoms with Crippen LogP contribution in [-0.4, -0.2) is 19.0 Å². The van der Waals surface area contributed by atoms with Gasteiger partial charge in [0.2, 0.25) is 0 Å². The number of amides is 1. The van der Waals surface area contributed by atoms with Crippen molar-refractivity contribution in [2.24, 2.45) is 0 Å². The molecule has 0 bridgehead atoms. The summed E-state index contributed by atoms with van der Waals surface area (Å²) in [5.41, 5.74) is 1.15. The topological polar surface area (TPSA) is 64.6 Å². The summed E-state index contributed by atoms with van der Waals surface area (Å²) in [6, 6.07) is 20.9. The third kappa shape index (κ3) is 4.15. The van der Waals surface area contributed by atoms with Gasteiger partial charge in [0.25, 0.3) is 5.91 Å². The Bertz CT molecular complexity index is 1220. The molecule has 150 valence electrons. The number of rotatable bonds is 5. The van der Waals surface area contributed by atoms with Crippen molar-refractivity contribution in [2.75, 3.05) is 12.4 Å². The lowest BCUT2D eigenvalue weighted by atomic mass is 10.2. The van der Waals surface area contributed by atoms with Crippen LogP contribution in [0.4, 0.5) is 5.69 Å². The van der Waals surface area contributed by atoms with Crippen LogP contribution in [0.25, 0.3) is 10.1 Å². The molecule has 5 nitrogen and oxygen atoms in total. The molecule has 30 heavy (non-hydrogen) atoms. The summed E-state index contributed by atoms with van der Waals surface area (Å²) in [5, 5.41) is 3.87. The fourth-order valence-electron chi connectivity index (χ4n) is 2.86. The first-order chi connectivity index (χ1) is 14.5. The molecule has 0 radical (unpaired) electrons. The van der Waals surface area contributed by atoms with E-state index in [1.165, 1.54) is 11.3 Å². The largest absolute Gasteiger partial charge is 0.497 e. The molecule has 1 N–H and O–H groups in total. The molecule has 0 saturated carbocycles. The third-order valence-electron chi connectivity index (χ3n) is 4.38. The molecule has 0 unspecified atom stereocenters. The van der Waals surface area contributed by atoms with Gasteiger partial charge in [0.15, 0.2) is 0 Å². The molecule has 4 rings (SSSR count). The quantitative estimate of drug-likeness (QED) is 0.305. The molecule has 0 aliphatic rings. The monoisotopic (exact) mass is 437 g/mol. The first-order valence-electron chi connectivity index (χ1n) is 9.00. The van der Waals surface area contributed by atoms with Gasteiger partial charge in [-0.05, 0) is 54.6 Å². The number of anilines is 1. The number of nitrogens with one attached hydrogen (secondary N) is 1. The zero-order chi connectivity index (χ0) is 21.1. The van der Waals surface area contributed by atoms with Crippen molar-refractivity contribution in [3.63, 3.8) is 0 Å². The fraction of sp³-hybridized carbons (Fsp3) is 0.0435. The number of thiophene rings is 1. The van der Waals surface area contributed by atoms with Crippen molar-refractivity contribution in [2.45, 2.75) is 0 Å². The molecule has 1 amide bonds. The number of ether oxygens (including phenoxy) is 2. The Hall–Kier alpha value is -3.35. The van der Waals surface area contributed by atoms with Crippen LogP contribution in [0, 0.1) is 0 Å². The van der Waals surface area contributed by atoms with Crippen LogP contribution in [0.2, 0.25) is 5.02 Å². The molecular weight excluding hydrogens is 422 g/mol. The lowest BCUT2D eigenvalue weighted by molar-refractivity contribution is 0.0740. The predicted molar refractivity (Wildman–Crippen MR) is 119 cm³/mol. The Morgan fingerprint density at radius 1 is 0.933 bits per heavy atom. The van der Waals surface area contributed by atoms with Crippen molar-refractivity contribution >= 4 is 50.6 Å². The fourth-order valence-corrected chi connectivity index (χ4v) is 4.21. The first kappa shape index (κ1) is 19.9. The highest BCUT2D eigenvalue weighted by Crippen LogP contribution is 2.37. The minimum absolute atomic E-state index is 0.249. The maximum Gasteiger partial charge on any atom is 0.355 e. The lowest BCUT2D eigenvalue weighted by Gasteiger charge is -2.07. The molecule has 0 atom stereocenters. The summed E-state index contributed by atoms with van der Waals surface area (Å²) in [6.07, 6.45) is 0.